The number of rotatable bonds is 37. The number of carbonyl (C=O) groups is 3. The third-order valence-corrected chi connectivity index (χ3v) is 9.04. The maximum absolute atomic E-state index is 12.6. The van der Waals surface area contributed by atoms with Crippen molar-refractivity contribution < 1.29 is 52.6 Å². The summed E-state index contributed by atoms with van der Waals surface area (Å²) in [4.78, 5) is 45.9. The first kappa shape index (κ1) is 55.1. The van der Waals surface area contributed by atoms with Gasteiger partial charge in [0.05, 0.1) is 19.3 Å². The van der Waals surface area contributed by atoms with Gasteiger partial charge in [0.2, 0.25) is 0 Å². The SMILES string of the molecule is CC/C=C\C/C=C\C/C=C\C/C=C\C/C=C\CCCC(=O)O[C@H](COC(=O)CCC/C=C/C/C=C\C[C@H](O)/C=C\C=C/CCCCC)COP(=O)(O)OC[C@H](N)C(=O)O. The largest absolute Gasteiger partial charge is 0.480 e. The molecule has 0 aromatic rings. The van der Waals surface area contributed by atoms with Crippen molar-refractivity contribution in [3.05, 3.63) is 109 Å². The minimum atomic E-state index is -4.77. The minimum absolute atomic E-state index is 0.0511. The number of unbranched alkanes of at least 4 members (excludes halogenated alkanes) is 5. The molecule has 0 saturated heterocycles. The summed E-state index contributed by atoms with van der Waals surface area (Å²) >= 11 is 0. The van der Waals surface area contributed by atoms with Gasteiger partial charge in [-0.3, -0.25) is 23.4 Å². The van der Waals surface area contributed by atoms with Gasteiger partial charge in [0, 0.05) is 12.8 Å². The Labute approximate surface area is 353 Å². The fourth-order valence-electron chi connectivity index (χ4n) is 4.76. The van der Waals surface area contributed by atoms with Crippen LogP contribution in [0.4, 0.5) is 0 Å². The van der Waals surface area contributed by atoms with Crippen molar-refractivity contribution in [2.75, 3.05) is 19.8 Å². The van der Waals surface area contributed by atoms with E-state index in [-0.39, 0.29) is 12.8 Å². The third-order valence-electron chi connectivity index (χ3n) is 8.09. The van der Waals surface area contributed by atoms with Crippen LogP contribution >= 0.6 is 7.82 Å². The molecule has 0 bridgehead atoms. The Morgan fingerprint density at radius 1 is 0.627 bits per heavy atom. The van der Waals surface area contributed by atoms with Gasteiger partial charge in [0.25, 0.3) is 0 Å². The minimum Gasteiger partial charge on any atom is -0.480 e. The predicted molar refractivity (Wildman–Crippen MR) is 236 cm³/mol. The molecule has 12 nitrogen and oxygen atoms in total. The lowest BCUT2D eigenvalue weighted by Crippen LogP contribution is -2.34. The zero-order valence-corrected chi connectivity index (χ0v) is 36.3. The number of carbonyl (C=O) groups excluding carboxylic acids is 2. The second-order valence-corrected chi connectivity index (χ2v) is 15.0. The maximum atomic E-state index is 12.6. The lowest BCUT2D eigenvalue weighted by molar-refractivity contribution is -0.161. The second-order valence-electron chi connectivity index (χ2n) is 13.6. The van der Waals surface area contributed by atoms with Crippen LogP contribution in [0.2, 0.25) is 0 Å². The average molecular weight is 846 g/mol. The molecule has 0 aliphatic heterocycles. The molecule has 0 aliphatic rings. The van der Waals surface area contributed by atoms with Crippen LogP contribution < -0.4 is 5.73 Å². The number of esters is 2. The monoisotopic (exact) mass is 845 g/mol. The molecule has 4 atom stereocenters. The van der Waals surface area contributed by atoms with Gasteiger partial charge in [-0.2, -0.15) is 0 Å². The number of allylic oxidation sites excluding steroid dienone is 16. The van der Waals surface area contributed by atoms with E-state index in [2.05, 4.69) is 73.1 Å². The summed E-state index contributed by atoms with van der Waals surface area (Å²) in [5.41, 5.74) is 5.32. The highest BCUT2D eigenvalue weighted by Crippen LogP contribution is 2.43. The molecule has 0 saturated carbocycles. The lowest BCUT2D eigenvalue weighted by Gasteiger charge is -2.20. The molecular weight excluding hydrogens is 773 g/mol. The van der Waals surface area contributed by atoms with Crippen molar-refractivity contribution in [2.45, 2.75) is 141 Å². The normalized spacial score (nSPS) is 15.3. The molecule has 0 fully saturated rings. The summed E-state index contributed by atoms with van der Waals surface area (Å²) in [6, 6.07) is -1.55. The molecule has 0 aliphatic carbocycles. The van der Waals surface area contributed by atoms with Crippen LogP contribution in [0, 0.1) is 0 Å². The van der Waals surface area contributed by atoms with E-state index in [1.54, 1.807) is 6.08 Å². The molecule has 332 valence electrons. The molecule has 5 N–H and O–H groups in total. The van der Waals surface area contributed by atoms with E-state index in [0.717, 1.165) is 38.5 Å². The Hall–Kier alpha value is -3.90. The molecule has 0 aromatic carbocycles. The molecule has 0 aromatic heterocycles. The van der Waals surface area contributed by atoms with Crippen molar-refractivity contribution in [3.8, 4) is 0 Å². The summed E-state index contributed by atoms with van der Waals surface area (Å²) in [5.74, 6) is -2.59. The summed E-state index contributed by atoms with van der Waals surface area (Å²) in [6.07, 6.45) is 47.7. The molecule has 0 radical (unpaired) electrons. The van der Waals surface area contributed by atoms with E-state index >= 15 is 0 Å². The molecule has 0 rings (SSSR count). The number of carboxylic acids is 1. The fourth-order valence-corrected chi connectivity index (χ4v) is 5.54. The number of hydrogen-bond acceptors (Lipinski definition) is 10. The number of phosphoric ester groups is 1. The molecule has 59 heavy (non-hydrogen) atoms. The van der Waals surface area contributed by atoms with Gasteiger partial charge in [-0.15, -0.1) is 0 Å². The van der Waals surface area contributed by atoms with E-state index in [1.165, 1.54) is 19.3 Å². The first-order chi connectivity index (χ1) is 28.5. The van der Waals surface area contributed by atoms with E-state index in [9.17, 15) is 28.9 Å². The number of ether oxygens (including phenoxy) is 2. The topological polar surface area (TPSA) is 192 Å². The predicted octanol–water partition coefficient (Wildman–Crippen LogP) is 10.0. The van der Waals surface area contributed by atoms with Gasteiger partial charge in [-0.25, -0.2) is 4.57 Å². The van der Waals surface area contributed by atoms with Crippen molar-refractivity contribution in [1.29, 1.82) is 0 Å². The Morgan fingerprint density at radius 3 is 1.69 bits per heavy atom. The highest BCUT2D eigenvalue weighted by Gasteiger charge is 2.28. The number of hydrogen-bond donors (Lipinski definition) is 4. The van der Waals surface area contributed by atoms with Crippen LogP contribution in [0.3, 0.4) is 0 Å². The van der Waals surface area contributed by atoms with E-state index < -0.39 is 63.8 Å². The molecular formula is C46H72NO11P. The zero-order valence-electron chi connectivity index (χ0n) is 35.4. The quantitative estimate of drug-likeness (QED) is 0.0152. The van der Waals surface area contributed by atoms with Crippen LogP contribution in [0.25, 0.3) is 0 Å². The van der Waals surface area contributed by atoms with Crippen LogP contribution in [-0.2, 0) is 37.5 Å². The number of aliphatic carboxylic acids is 1. The summed E-state index contributed by atoms with van der Waals surface area (Å²) in [5, 5.41) is 18.9. The standard InChI is InChI=1S/C46H72NO11P/c1-3-5-7-9-11-12-13-14-15-16-17-18-19-20-24-29-33-37-45(50)58-42(39-56-59(53,54)57-40-43(47)46(51)52)38-55-44(49)36-32-28-25-21-23-27-31-35-41(48)34-30-26-22-10-8-6-4-2/h5,7,11-12,14-15,17-18,20-22,24-27,30-31,34,41-43,48H,3-4,6,8-10,13,16,19,23,28-29,32-33,35-40,47H2,1-2H3,(H,51,52)(H,53,54)/b7-5-,12-11-,15-14-,18-17-,24-20-,25-21+,26-22-,31-27-,34-30-/t41-,42-,43+/m1/s1. The molecule has 13 heteroatoms. The number of nitrogens with two attached hydrogens (primary N) is 1. The summed E-state index contributed by atoms with van der Waals surface area (Å²) < 4.78 is 32.5. The van der Waals surface area contributed by atoms with Gasteiger partial charge in [0.1, 0.15) is 12.6 Å². The van der Waals surface area contributed by atoms with Crippen molar-refractivity contribution in [3.63, 3.8) is 0 Å². The van der Waals surface area contributed by atoms with Gasteiger partial charge in [-0.1, -0.05) is 136 Å². The smallest absolute Gasteiger partial charge is 0.472 e. The first-order valence-corrected chi connectivity index (χ1v) is 22.5. The maximum Gasteiger partial charge on any atom is 0.472 e. The molecule has 0 heterocycles. The van der Waals surface area contributed by atoms with Crippen LogP contribution in [0.15, 0.2) is 109 Å². The highest BCUT2D eigenvalue weighted by molar-refractivity contribution is 7.47. The highest BCUT2D eigenvalue weighted by atomic mass is 31.2. The van der Waals surface area contributed by atoms with E-state index in [1.807, 2.05) is 48.6 Å². The zero-order chi connectivity index (χ0) is 43.7. The lowest BCUT2D eigenvalue weighted by atomic mass is 10.2. The third kappa shape index (κ3) is 39.3. The molecule has 1 unspecified atom stereocenters. The second kappa shape index (κ2) is 39.6. The summed E-state index contributed by atoms with van der Waals surface area (Å²) in [7, 11) is -4.77. The van der Waals surface area contributed by atoms with E-state index in [4.69, 9.17) is 24.8 Å². The Balaban J connectivity index is 4.66. The Kier molecular flexibility index (Phi) is 36.9. The molecule has 0 spiro atoms. The fraction of sp³-hybridized carbons (Fsp3) is 0.543. The van der Waals surface area contributed by atoms with Gasteiger partial charge in [0.15, 0.2) is 6.10 Å². The number of aliphatic hydroxyl groups is 1. The Morgan fingerprint density at radius 2 is 1.14 bits per heavy atom. The van der Waals surface area contributed by atoms with Gasteiger partial charge >= 0.3 is 25.7 Å². The van der Waals surface area contributed by atoms with Crippen LogP contribution in [-0.4, -0.2) is 71.1 Å². The first-order valence-electron chi connectivity index (χ1n) is 21.0. The summed E-state index contributed by atoms with van der Waals surface area (Å²) in [6.45, 7) is 2.43. The van der Waals surface area contributed by atoms with Crippen molar-refractivity contribution in [1.82, 2.24) is 0 Å². The van der Waals surface area contributed by atoms with Crippen molar-refractivity contribution >= 4 is 25.7 Å². The number of phosphoric acid groups is 1. The Bertz CT molecular complexity index is 1430. The molecule has 0 amide bonds. The van der Waals surface area contributed by atoms with E-state index in [0.29, 0.717) is 38.5 Å². The average Bonchev–Trinajstić information content (AvgIpc) is 3.21. The van der Waals surface area contributed by atoms with Crippen LogP contribution in [0.5, 0.6) is 0 Å². The van der Waals surface area contributed by atoms with Crippen molar-refractivity contribution in [2.24, 2.45) is 5.73 Å². The van der Waals surface area contributed by atoms with Gasteiger partial charge < -0.3 is 30.3 Å². The van der Waals surface area contributed by atoms with Gasteiger partial charge in [-0.05, 0) is 83.5 Å². The number of aliphatic hydroxyl groups excluding tert-OH is 1. The van der Waals surface area contributed by atoms with Crippen LogP contribution in [0.1, 0.15) is 123 Å². The number of carboxylic acid groups (broad SMARTS) is 1.